The molecule has 0 saturated heterocycles. The van der Waals surface area contributed by atoms with Crippen LogP contribution in [-0.4, -0.2) is 5.97 Å². The second-order valence-corrected chi connectivity index (χ2v) is 4.46. The molecule has 0 aliphatic carbocycles. The first-order chi connectivity index (χ1) is 6.06. The highest BCUT2D eigenvalue weighted by atomic mass is 127. The summed E-state index contributed by atoms with van der Waals surface area (Å²) in [5.74, 6) is 0.293. The molecule has 1 rings (SSSR count). The summed E-state index contributed by atoms with van der Waals surface area (Å²) in [7, 11) is 0. The highest BCUT2D eigenvalue weighted by Crippen LogP contribution is 2.30. The third-order valence-electron chi connectivity index (χ3n) is 1.65. The van der Waals surface area contributed by atoms with Gasteiger partial charge in [0.15, 0.2) is 0 Å². The Kier molecular flexibility index (Phi) is 3.73. The summed E-state index contributed by atoms with van der Waals surface area (Å²) in [6, 6.07) is 0. The summed E-state index contributed by atoms with van der Waals surface area (Å²) in [6.45, 7) is 3.92. The highest BCUT2D eigenvalue weighted by molar-refractivity contribution is 14.1. The van der Waals surface area contributed by atoms with Gasteiger partial charge in [0.25, 0.3) is 0 Å². The van der Waals surface area contributed by atoms with Crippen molar-refractivity contribution in [3.05, 3.63) is 31.5 Å². The van der Waals surface area contributed by atoms with E-state index in [4.69, 9.17) is 4.74 Å². The molecule has 0 fully saturated rings. The Morgan fingerprint density at radius 3 is 2.69 bits per heavy atom. The molecule has 70 valence electrons. The van der Waals surface area contributed by atoms with Crippen molar-refractivity contribution < 1.29 is 9.53 Å². The topological polar surface area (TPSA) is 26.3 Å². The van der Waals surface area contributed by atoms with Crippen LogP contribution in [0.1, 0.15) is 13.8 Å². The van der Waals surface area contributed by atoms with Gasteiger partial charge >= 0.3 is 5.97 Å². The van der Waals surface area contributed by atoms with Crippen molar-refractivity contribution in [1.29, 1.82) is 0 Å². The maximum atomic E-state index is 11.0. The Morgan fingerprint density at radius 1 is 1.69 bits per heavy atom. The molecule has 0 aromatic heterocycles. The lowest BCUT2D eigenvalue weighted by atomic mass is 10.2. The first-order valence-electron chi connectivity index (χ1n) is 3.68. The molecule has 0 radical (unpaired) electrons. The Bertz CT molecular complexity index is 340. The molecule has 13 heavy (non-hydrogen) atoms. The van der Waals surface area contributed by atoms with E-state index < -0.39 is 0 Å². The van der Waals surface area contributed by atoms with Gasteiger partial charge in [-0.1, -0.05) is 6.08 Å². The predicted octanol–water partition coefficient (Wildman–Crippen LogP) is 3.43. The van der Waals surface area contributed by atoms with Crippen molar-refractivity contribution >= 4 is 44.5 Å². The fraction of sp³-hybridized carbons (Fsp3) is 0.222. The number of halogens is 2. The van der Waals surface area contributed by atoms with Crippen molar-refractivity contribution in [2.45, 2.75) is 13.8 Å². The molecule has 1 aliphatic heterocycles. The summed E-state index contributed by atoms with van der Waals surface area (Å²) in [4.78, 5) is 11.0. The lowest BCUT2D eigenvalue weighted by Gasteiger charge is -2.01. The predicted molar refractivity (Wildman–Crippen MR) is 63.6 cm³/mol. The van der Waals surface area contributed by atoms with Gasteiger partial charge in [0, 0.05) is 6.08 Å². The van der Waals surface area contributed by atoms with Crippen LogP contribution >= 0.6 is 38.5 Å². The molecule has 0 atom stereocenters. The van der Waals surface area contributed by atoms with Gasteiger partial charge in [0.05, 0.1) is 3.58 Å². The van der Waals surface area contributed by atoms with Gasteiger partial charge in [-0.25, -0.2) is 4.79 Å². The molecular weight excluding hydrogens is 347 g/mol. The zero-order valence-corrected chi connectivity index (χ0v) is 11.0. The van der Waals surface area contributed by atoms with Crippen molar-refractivity contribution in [3.63, 3.8) is 0 Å². The SMILES string of the molecule is C/C=C(C)\C(I)=C1\C=C(Br)C(=O)O1. The van der Waals surface area contributed by atoms with Crippen LogP contribution in [0.4, 0.5) is 0 Å². The summed E-state index contributed by atoms with van der Waals surface area (Å²) in [6.07, 6.45) is 3.67. The molecular formula is C9H8BrIO2. The monoisotopic (exact) mass is 354 g/mol. The van der Waals surface area contributed by atoms with E-state index in [0.29, 0.717) is 10.2 Å². The average molecular weight is 355 g/mol. The van der Waals surface area contributed by atoms with E-state index in [0.717, 1.165) is 9.15 Å². The molecule has 0 N–H and O–H groups in total. The Hall–Kier alpha value is -0.100. The summed E-state index contributed by atoms with van der Waals surface area (Å²) in [5, 5.41) is 0. The smallest absolute Gasteiger partial charge is 0.350 e. The lowest BCUT2D eigenvalue weighted by Crippen LogP contribution is -1.94. The van der Waals surface area contributed by atoms with Crippen molar-refractivity contribution in [2.75, 3.05) is 0 Å². The fourth-order valence-electron chi connectivity index (χ4n) is 0.781. The van der Waals surface area contributed by atoms with Crippen molar-refractivity contribution in [1.82, 2.24) is 0 Å². The van der Waals surface area contributed by atoms with E-state index in [1.54, 1.807) is 6.08 Å². The van der Waals surface area contributed by atoms with Gasteiger partial charge in [-0.2, -0.15) is 0 Å². The molecule has 2 nitrogen and oxygen atoms in total. The van der Waals surface area contributed by atoms with Crippen LogP contribution in [0.5, 0.6) is 0 Å². The molecule has 0 aromatic rings. The van der Waals surface area contributed by atoms with Crippen LogP contribution < -0.4 is 0 Å². The van der Waals surface area contributed by atoms with E-state index in [-0.39, 0.29) is 5.97 Å². The van der Waals surface area contributed by atoms with Crippen LogP contribution in [0.25, 0.3) is 0 Å². The van der Waals surface area contributed by atoms with Crippen LogP contribution in [0, 0.1) is 0 Å². The second kappa shape index (κ2) is 4.41. The minimum absolute atomic E-state index is 0.326. The fourth-order valence-corrected chi connectivity index (χ4v) is 1.65. The number of rotatable bonds is 1. The molecule has 0 spiro atoms. The molecule has 0 unspecified atom stereocenters. The number of carbonyl (C=O) groups is 1. The number of hydrogen-bond donors (Lipinski definition) is 0. The summed E-state index contributed by atoms with van der Waals surface area (Å²) in [5.41, 5.74) is 1.10. The van der Waals surface area contributed by atoms with E-state index in [1.165, 1.54) is 0 Å². The van der Waals surface area contributed by atoms with E-state index in [1.807, 2.05) is 19.9 Å². The molecule has 1 aliphatic rings. The number of carbonyl (C=O) groups excluding carboxylic acids is 1. The number of esters is 1. The average Bonchev–Trinajstić information content (AvgIpc) is 2.44. The zero-order valence-electron chi connectivity index (χ0n) is 7.23. The first-order valence-corrected chi connectivity index (χ1v) is 5.56. The first kappa shape index (κ1) is 11.0. The Morgan fingerprint density at radius 2 is 2.31 bits per heavy atom. The molecule has 0 bridgehead atoms. The van der Waals surface area contributed by atoms with Crippen molar-refractivity contribution in [3.8, 4) is 0 Å². The van der Waals surface area contributed by atoms with Crippen LogP contribution in [-0.2, 0) is 9.53 Å². The quantitative estimate of drug-likeness (QED) is 0.532. The van der Waals surface area contributed by atoms with Gasteiger partial charge in [-0.15, -0.1) is 0 Å². The van der Waals surface area contributed by atoms with Gasteiger partial charge in [0.1, 0.15) is 10.2 Å². The number of ether oxygens (including phenoxy) is 1. The van der Waals surface area contributed by atoms with E-state index >= 15 is 0 Å². The molecule has 0 saturated carbocycles. The molecule has 0 aromatic carbocycles. The van der Waals surface area contributed by atoms with E-state index in [9.17, 15) is 4.79 Å². The van der Waals surface area contributed by atoms with Crippen LogP contribution in [0.3, 0.4) is 0 Å². The Balaban J connectivity index is 3.04. The van der Waals surface area contributed by atoms with Crippen molar-refractivity contribution in [2.24, 2.45) is 0 Å². The molecule has 0 amide bonds. The Labute approximate surface area is 99.0 Å². The lowest BCUT2D eigenvalue weighted by molar-refractivity contribution is -0.132. The summed E-state index contributed by atoms with van der Waals surface area (Å²) >= 11 is 5.27. The minimum Gasteiger partial charge on any atom is -0.421 e. The third kappa shape index (κ3) is 2.43. The largest absolute Gasteiger partial charge is 0.421 e. The van der Waals surface area contributed by atoms with Crippen LogP contribution in [0.2, 0.25) is 0 Å². The van der Waals surface area contributed by atoms with Gasteiger partial charge in [0.2, 0.25) is 0 Å². The summed E-state index contributed by atoms with van der Waals surface area (Å²) < 4.78 is 6.44. The van der Waals surface area contributed by atoms with Gasteiger partial charge in [-0.05, 0) is 57.9 Å². The molecule has 1 heterocycles. The highest BCUT2D eigenvalue weighted by Gasteiger charge is 2.21. The van der Waals surface area contributed by atoms with Gasteiger partial charge < -0.3 is 4.74 Å². The normalized spacial score (nSPS) is 21.4. The standard InChI is InChI=1S/C9H8BrIO2/c1-3-5(2)8(11)7-4-6(10)9(12)13-7/h3-4H,1-2H3/b5-3-,8-7+. The zero-order chi connectivity index (χ0) is 10.0. The third-order valence-corrected chi connectivity index (χ3v) is 3.59. The minimum atomic E-state index is -0.326. The maximum absolute atomic E-state index is 11.0. The second-order valence-electron chi connectivity index (χ2n) is 2.53. The molecule has 4 heteroatoms. The number of hydrogen-bond acceptors (Lipinski definition) is 2. The van der Waals surface area contributed by atoms with Crippen LogP contribution in [0.15, 0.2) is 31.5 Å². The number of allylic oxidation sites excluding steroid dienone is 4. The number of cyclic esters (lactones) is 1. The van der Waals surface area contributed by atoms with Gasteiger partial charge in [-0.3, -0.25) is 0 Å². The van der Waals surface area contributed by atoms with E-state index in [2.05, 4.69) is 38.5 Å². The maximum Gasteiger partial charge on any atom is 0.350 e.